The van der Waals surface area contributed by atoms with Crippen molar-refractivity contribution >= 4 is 17.7 Å². The van der Waals surface area contributed by atoms with Crippen LogP contribution in [0.1, 0.15) is 31.5 Å². The van der Waals surface area contributed by atoms with Gasteiger partial charge in [-0.2, -0.15) is 11.8 Å². The van der Waals surface area contributed by atoms with Crippen molar-refractivity contribution < 1.29 is 9.18 Å². The first-order chi connectivity index (χ1) is 10.1. The highest BCUT2D eigenvalue weighted by atomic mass is 32.2. The molecule has 1 spiro atoms. The second kappa shape index (κ2) is 5.61. The maximum atomic E-state index is 13.5. The first kappa shape index (κ1) is 14.9. The first-order valence-electron chi connectivity index (χ1n) is 7.39. The summed E-state index contributed by atoms with van der Waals surface area (Å²) in [6.45, 7) is 2.87. The van der Waals surface area contributed by atoms with E-state index in [4.69, 9.17) is 0 Å². The van der Waals surface area contributed by atoms with Crippen LogP contribution in [0.25, 0.3) is 0 Å². The summed E-state index contributed by atoms with van der Waals surface area (Å²) in [5.41, 5.74) is 0.472. The van der Waals surface area contributed by atoms with Crippen molar-refractivity contribution in [2.24, 2.45) is 5.92 Å². The number of halogens is 1. The van der Waals surface area contributed by atoms with E-state index in [2.05, 4.69) is 18.5 Å². The van der Waals surface area contributed by atoms with E-state index in [0.29, 0.717) is 5.92 Å². The molecule has 2 fully saturated rings. The van der Waals surface area contributed by atoms with Gasteiger partial charge in [0.2, 0.25) is 5.91 Å². The fourth-order valence-electron chi connectivity index (χ4n) is 3.08. The SMILES string of the molecule is CSCC(C)CN1C(=O)C2(CC2)NC1c1cccc(F)c1. The number of hydrogen-bond acceptors (Lipinski definition) is 3. The van der Waals surface area contributed by atoms with Gasteiger partial charge in [0.25, 0.3) is 0 Å². The van der Waals surface area contributed by atoms with E-state index in [1.165, 1.54) is 12.1 Å². The van der Waals surface area contributed by atoms with Crippen LogP contribution in [-0.4, -0.2) is 34.9 Å². The largest absolute Gasteiger partial charge is 0.321 e. The van der Waals surface area contributed by atoms with Gasteiger partial charge in [-0.25, -0.2) is 4.39 Å². The number of carbonyl (C=O) groups excluding carboxylic acids is 1. The van der Waals surface area contributed by atoms with Crippen molar-refractivity contribution in [1.82, 2.24) is 10.2 Å². The molecule has 114 valence electrons. The number of nitrogens with one attached hydrogen (secondary N) is 1. The molecule has 1 N–H and O–H groups in total. The van der Waals surface area contributed by atoms with Gasteiger partial charge in [0.1, 0.15) is 17.5 Å². The third-order valence-corrected chi connectivity index (χ3v) is 5.17. The molecule has 1 heterocycles. The minimum absolute atomic E-state index is 0.185. The Morgan fingerprint density at radius 2 is 2.29 bits per heavy atom. The van der Waals surface area contributed by atoms with Crippen molar-refractivity contribution in [3.8, 4) is 0 Å². The zero-order valence-electron chi connectivity index (χ0n) is 12.4. The monoisotopic (exact) mass is 308 g/mol. The molecule has 1 aliphatic carbocycles. The molecule has 0 radical (unpaired) electrons. The standard InChI is InChI=1S/C16H21FN2OS/c1-11(10-21-2)9-19-14(12-4-3-5-13(17)8-12)18-16(6-7-16)15(19)20/h3-5,8,11,14,18H,6-7,9-10H2,1-2H3. The number of rotatable bonds is 5. The van der Waals surface area contributed by atoms with Crippen molar-refractivity contribution in [3.63, 3.8) is 0 Å². The van der Waals surface area contributed by atoms with Crippen LogP contribution < -0.4 is 5.32 Å². The molecular weight excluding hydrogens is 287 g/mol. The lowest BCUT2D eigenvalue weighted by Gasteiger charge is -2.27. The summed E-state index contributed by atoms with van der Waals surface area (Å²) in [5.74, 6) is 1.38. The summed E-state index contributed by atoms with van der Waals surface area (Å²) < 4.78 is 13.5. The van der Waals surface area contributed by atoms with Gasteiger partial charge >= 0.3 is 0 Å². The second-order valence-electron chi connectivity index (χ2n) is 6.20. The van der Waals surface area contributed by atoms with E-state index >= 15 is 0 Å². The van der Waals surface area contributed by atoms with E-state index in [1.54, 1.807) is 17.8 Å². The quantitative estimate of drug-likeness (QED) is 0.908. The Hall–Kier alpha value is -1.07. The molecule has 1 aromatic rings. The number of hydrogen-bond donors (Lipinski definition) is 1. The molecule has 1 saturated heterocycles. The van der Waals surface area contributed by atoms with Crippen molar-refractivity contribution in [2.45, 2.75) is 31.5 Å². The normalized spacial score (nSPS) is 24.6. The Labute approximate surface area is 129 Å². The molecule has 5 heteroatoms. The molecule has 1 amide bonds. The van der Waals surface area contributed by atoms with E-state index in [1.807, 2.05) is 11.0 Å². The fourth-order valence-corrected chi connectivity index (χ4v) is 3.75. The minimum atomic E-state index is -0.365. The first-order valence-corrected chi connectivity index (χ1v) is 8.78. The summed E-state index contributed by atoms with van der Waals surface area (Å²) in [4.78, 5) is 14.6. The Morgan fingerprint density at radius 3 is 2.90 bits per heavy atom. The fraction of sp³-hybridized carbons (Fsp3) is 0.562. The summed E-state index contributed by atoms with van der Waals surface area (Å²) in [5, 5.41) is 3.44. The molecular formula is C16H21FN2OS. The summed E-state index contributed by atoms with van der Waals surface area (Å²) in [7, 11) is 0. The Morgan fingerprint density at radius 1 is 1.52 bits per heavy atom. The van der Waals surface area contributed by atoms with Gasteiger partial charge in [-0.1, -0.05) is 19.1 Å². The highest BCUT2D eigenvalue weighted by molar-refractivity contribution is 7.98. The molecule has 3 rings (SSSR count). The molecule has 1 aromatic carbocycles. The predicted molar refractivity (Wildman–Crippen MR) is 83.5 cm³/mol. The third-order valence-electron chi connectivity index (χ3n) is 4.27. The maximum absolute atomic E-state index is 13.5. The number of amides is 1. The molecule has 0 bridgehead atoms. The average molecular weight is 308 g/mol. The summed E-state index contributed by atoms with van der Waals surface area (Å²) in [6.07, 6.45) is 3.67. The highest BCUT2D eigenvalue weighted by Gasteiger charge is 2.59. The number of thioether (sulfide) groups is 1. The maximum Gasteiger partial charge on any atom is 0.244 e. The second-order valence-corrected chi connectivity index (χ2v) is 7.11. The number of carbonyl (C=O) groups is 1. The average Bonchev–Trinajstić information content (AvgIpc) is 3.18. The zero-order chi connectivity index (χ0) is 15.0. The lowest BCUT2D eigenvalue weighted by atomic mass is 10.1. The van der Waals surface area contributed by atoms with Crippen molar-refractivity contribution in [2.75, 3.05) is 18.6 Å². The van der Waals surface area contributed by atoms with E-state index in [0.717, 1.165) is 30.7 Å². The van der Waals surface area contributed by atoms with Crippen LogP contribution in [0.15, 0.2) is 24.3 Å². The van der Waals surface area contributed by atoms with Crippen LogP contribution in [0, 0.1) is 11.7 Å². The molecule has 1 saturated carbocycles. The third kappa shape index (κ3) is 2.81. The van der Waals surface area contributed by atoms with E-state index < -0.39 is 0 Å². The molecule has 21 heavy (non-hydrogen) atoms. The highest BCUT2D eigenvalue weighted by Crippen LogP contribution is 2.46. The Kier molecular flexibility index (Phi) is 3.97. The lowest BCUT2D eigenvalue weighted by molar-refractivity contribution is -0.131. The number of benzene rings is 1. The van der Waals surface area contributed by atoms with Gasteiger partial charge in [-0.15, -0.1) is 0 Å². The van der Waals surface area contributed by atoms with Crippen LogP contribution in [0.4, 0.5) is 4.39 Å². The molecule has 1 aliphatic heterocycles. The van der Waals surface area contributed by atoms with Crippen LogP contribution in [0.2, 0.25) is 0 Å². The van der Waals surface area contributed by atoms with Gasteiger partial charge in [0.15, 0.2) is 0 Å². The molecule has 2 atom stereocenters. The van der Waals surface area contributed by atoms with Crippen LogP contribution in [0.5, 0.6) is 0 Å². The number of nitrogens with zero attached hydrogens (tertiary/aromatic N) is 1. The van der Waals surface area contributed by atoms with Crippen molar-refractivity contribution in [3.05, 3.63) is 35.6 Å². The van der Waals surface area contributed by atoms with Gasteiger partial charge in [0, 0.05) is 6.54 Å². The van der Waals surface area contributed by atoms with E-state index in [9.17, 15) is 9.18 Å². The van der Waals surface area contributed by atoms with Gasteiger partial charge in [-0.05, 0) is 48.5 Å². The van der Waals surface area contributed by atoms with Crippen LogP contribution in [0.3, 0.4) is 0 Å². The Bertz CT molecular complexity index is 547. The Balaban J connectivity index is 1.84. The van der Waals surface area contributed by atoms with Crippen LogP contribution in [-0.2, 0) is 4.79 Å². The van der Waals surface area contributed by atoms with Gasteiger partial charge in [0.05, 0.1) is 0 Å². The smallest absolute Gasteiger partial charge is 0.244 e. The van der Waals surface area contributed by atoms with Gasteiger partial charge < -0.3 is 4.90 Å². The molecule has 3 nitrogen and oxygen atoms in total. The summed E-state index contributed by atoms with van der Waals surface area (Å²) >= 11 is 1.79. The molecule has 2 aliphatic rings. The molecule has 2 unspecified atom stereocenters. The van der Waals surface area contributed by atoms with Gasteiger partial charge in [-0.3, -0.25) is 10.1 Å². The minimum Gasteiger partial charge on any atom is -0.321 e. The van der Waals surface area contributed by atoms with Crippen molar-refractivity contribution in [1.29, 1.82) is 0 Å². The predicted octanol–water partition coefficient (Wildman–Crippen LogP) is 2.79. The molecule has 0 aromatic heterocycles. The summed E-state index contributed by atoms with van der Waals surface area (Å²) in [6, 6.07) is 6.56. The van der Waals surface area contributed by atoms with Crippen LogP contribution >= 0.6 is 11.8 Å². The topological polar surface area (TPSA) is 32.3 Å². The lowest BCUT2D eigenvalue weighted by Crippen LogP contribution is -2.35. The zero-order valence-corrected chi connectivity index (χ0v) is 13.3. The van der Waals surface area contributed by atoms with E-state index in [-0.39, 0.29) is 23.4 Å².